The van der Waals surface area contributed by atoms with Gasteiger partial charge in [0, 0.05) is 4.90 Å². The van der Waals surface area contributed by atoms with Gasteiger partial charge < -0.3 is 10.1 Å². The highest BCUT2D eigenvalue weighted by Gasteiger charge is 2.15. The van der Waals surface area contributed by atoms with Crippen LogP contribution in [0.3, 0.4) is 0 Å². The fraction of sp³-hybridized carbons (Fsp3) is 0.0667. The van der Waals surface area contributed by atoms with Crippen LogP contribution in [0.4, 0.5) is 0 Å². The maximum Gasteiger partial charge on any atom is 0.336 e. The highest BCUT2D eigenvalue weighted by Crippen LogP contribution is 2.32. The molecule has 1 heterocycles. The van der Waals surface area contributed by atoms with Crippen LogP contribution in [-0.2, 0) is 0 Å². The van der Waals surface area contributed by atoms with E-state index in [9.17, 15) is 9.90 Å². The first kappa shape index (κ1) is 12.7. The monoisotopic (exact) mass is 284 g/mol. The molecule has 0 saturated carbocycles. The Balaban J connectivity index is 2.04. The summed E-state index contributed by atoms with van der Waals surface area (Å²) in [6, 6.07) is 13.0. The smallest absolute Gasteiger partial charge is 0.336 e. The maximum atomic E-state index is 11.3. The molecular formula is C15H12N2O2S. The van der Waals surface area contributed by atoms with Crippen LogP contribution in [0.5, 0.6) is 0 Å². The van der Waals surface area contributed by atoms with Crippen LogP contribution >= 0.6 is 11.8 Å². The molecule has 0 bridgehead atoms. The van der Waals surface area contributed by atoms with Crippen molar-refractivity contribution < 1.29 is 9.90 Å². The van der Waals surface area contributed by atoms with E-state index in [1.807, 2.05) is 37.3 Å². The van der Waals surface area contributed by atoms with Gasteiger partial charge in [-0.1, -0.05) is 36.0 Å². The van der Waals surface area contributed by atoms with E-state index in [0.29, 0.717) is 10.7 Å². The average molecular weight is 284 g/mol. The fourth-order valence-electron chi connectivity index (χ4n) is 2.03. The lowest BCUT2D eigenvalue weighted by Crippen LogP contribution is -2.00. The predicted octanol–water partition coefficient (Wildman–Crippen LogP) is 3.72. The summed E-state index contributed by atoms with van der Waals surface area (Å²) in [5.41, 5.74) is 3.05. The number of H-pyrrole nitrogens is 1. The second-order valence-electron chi connectivity index (χ2n) is 4.42. The number of carboxylic acid groups (broad SMARTS) is 1. The van der Waals surface area contributed by atoms with Gasteiger partial charge in [-0.15, -0.1) is 0 Å². The molecule has 20 heavy (non-hydrogen) atoms. The molecule has 0 saturated heterocycles. The molecule has 4 nitrogen and oxygen atoms in total. The molecule has 2 N–H and O–H groups in total. The van der Waals surface area contributed by atoms with E-state index in [-0.39, 0.29) is 0 Å². The van der Waals surface area contributed by atoms with Crippen LogP contribution in [-0.4, -0.2) is 21.0 Å². The van der Waals surface area contributed by atoms with E-state index >= 15 is 0 Å². The minimum absolute atomic E-state index is 0.301. The number of para-hydroxylation sites is 2. The van der Waals surface area contributed by atoms with Crippen molar-refractivity contribution in [2.45, 2.75) is 17.0 Å². The van der Waals surface area contributed by atoms with Crippen molar-refractivity contribution in [1.29, 1.82) is 0 Å². The Morgan fingerprint density at radius 1 is 1.20 bits per heavy atom. The summed E-state index contributed by atoms with van der Waals surface area (Å²) in [4.78, 5) is 19.7. The van der Waals surface area contributed by atoms with E-state index < -0.39 is 5.97 Å². The largest absolute Gasteiger partial charge is 0.478 e. The highest BCUT2D eigenvalue weighted by atomic mass is 32.2. The Hall–Kier alpha value is -2.27. The standard InChI is InChI=1S/C15H12N2O2S/c1-9-5-4-6-10(14(18)19)13(9)20-15-16-11-7-2-3-8-12(11)17-15/h2-8H,1H3,(H,16,17)(H,18,19). The summed E-state index contributed by atoms with van der Waals surface area (Å²) >= 11 is 1.35. The molecule has 0 aliphatic rings. The summed E-state index contributed by atoms with van der Waals surface area (Å²) in [5.74, 6) is -0.924. The molecule has 5 heteroatoms. The fourth-order valence-corrected chi connectivity index (χ4v) is 3.02. The Labute approximate surface area is 119 Å². The van der Waals surface area contributed by atoms with Crippen molar-refractivity contribution in [3.63, 3.8) is 0 Å². The number of nitrogens with zero attached hydrogens (tertiary/aromatic N) is 1. The average Bonchev–Trinajstić information content (AvgIpc) is 2.83. The van der Waals surface area contributed by atoms with Gasteiger partial charge in [0.15, 0.2) is 5.16 Å². The summed E-state index contributed by atoms with van der Waals surface area (Å²) < 4.78 is 0. The molecule has 1 aromatic heterocycles. The Kier molecular flexibility index (Phi) is 3.20. The molecule has 0 aliphatic carbocycles. The zero-order valence-corrected chi connectivity index (χ0v) is 11.6. The van der Waals surface area contributed by atoms with Gasteiger partial charge in [-0.05, 0) is 30.7 Å². The number of aryl methyl sites for hydroxylation is 1. The lowest BCUT2D eigenvalue weighted by molar-refractivity contribution is 0.0693. The minimum atomic E-state index is -0.924. The van der Waals surface area contributed by atoms with Gasteiger partial charge in [0.05, 0.1) is 16.6 Å². The Bertz CT molecular complexity index is 762. The second kappa shape index (κ2) is 5.02. The number of hydrogen-bond acceptors (Lipinski definition) is 3. The molecule has 0 fully saturated rings. The number of nitrogens with one attached hydrogen (secondary N) is 1. The molecule has 3 aromatic rings. The van der Waals surface area contributed by atoms with Crippen molar-refractivity contribution in [3.8, 4) is 0 Å². The number of fused-ring (bicyclic) bond motifs is 1. The first-order chi connectivity index (χ1) is 9.65. The molecule has 0 amide bonds. The van der Waals surface area contributed by atoms with Crippen LogP contribution in [0.2, 0.25) is 0 Å². The zero-order valence-electron chi connectivity index (χ0n) is 10.8. The summed E-state index contributed by atoms with van der Waals surface area (Å²) in [5, 5.41) is 9.96. The van der Waals surface area contributed by atoms with Gasteiger partial charge in [0.1, 0.15) is 0 Å². The summed E-state index contributed by atoms with van der Waals surface area (Å²) in [6.07, 6.45) is 0. The maximum absolute atomic E-state index is 11.3. The number of rotatable bonds is 3. The molecule has 100 valence electrons. The van der Waals surface area contributed by atoms with E-state index in [4.69, 9.17) is 0 Å². The van der Waals surface area contributed by atoms with Gasteiger partial charge in [-0.3, -0.25) is 0 Å². The molecule has 0 aliphatic heterocycles. The number of imidazole rings is 1. The number of carboxylic acids is 1. The third-order valence-electron chi connectivity index (χ3n) is 3.01. The zero-order chi connectivity index (χ0) is 14.1. The molecular weight excluding hydrogens is 272 g/mol. The van der Waals surface area contributed by atoms with Crippen LogP contribution in [0, 0.1) is 6.92 Å². The van der Waals surface area contributed by atoms with Crippen LogP contribution in [0.1, 0.15) is 15.9 Å². The van der Waals surface area contributed by atoms with Gasteiger partial charge in [-0.2, -0.15) is 0 Å². The molecule has 0 unspecified atom stereocenters. The van der Waals surface area contributed by atoms with E-state index in [2.05, 4.69) is 9.97 Å². The molecule has 0 atom stereocenters. The third kappa shape index (κ3) is 2.28. The number of aromatic nitrogens is 2. The molecule has 2 aromatic carbocycles. The number of hydrogen-bond donors (Lipinski definition) is 2. The number of benzene rings is 2. The van der Waals surface area contributed by atoms with Crippen molar-refractivity contribution in [1.82, 2.24) is 9.97 Å². The van der Waals surface area contributed by atoms with Crippen molar-refractivity contribution >= 4 is 28.8 Å². The SMILES string of the molecule is Cc1cccc(C(=O)O)c1Sc1nc2ccccc2[nH]1. The number of aromatic amines is 1. The van der Waals surface area contributed by atoms with E-state index in [0.717, 1.165) is 21.5 Å². The molecule has 0 spiro atoms. The van der Waals surface area contributed by atoms with Crippen molar-refractivity contribution in [3.05, 3.63) is 53.6 Å². The van der Waals surface area contributed by atoms with Crippen LogP contribution in [0.25, 0.3) is 11.0 Å². The lowest BCUT2D eigenvalue weighted by atomic mass is 10.1. The topological polar surface area (TPSA) is 66.0 Å². The first-order valence-corrected chi connectivity index (χ1v) is 6.92. The number of carbonyl (C=O) groups is 1. The van der Waals surface area contributed by atoms with E-state index in [1.165, 1.54) is 11.8 Å². The van der Waals surface area contributed by atoms with E-state index in [1.54, 1.807) is 12.1 Å². The molecule has 0 radical (unpaired) electrons. The lowest BCUT2D eigenvalue weighted by Gasteiger charge is -2.07. The van der Waals surface area contributed by atoms with Crippen molar-refractivity contribution in [2.75, 3.05) is 0 Å². The Morgan fingerprint density at radius 3 is 2.75 bits per heavy atom. The summed E-state index contributed by atoms with van der Waals surface area (Å²) in [7, 11) is 0. The van der Waals surface area contributed by atoms with Crippen LogP contribution < -0.4 is 0 Å². The number of aromatic carboxylic acids is 1. The Morgan fingerprint density at radius 2 is 2.00 bits per heavy atom. The van der Waals surface area contributed by atoms with Gasteiger partial charge in [0.25, 0.3) is 0 Å². The quantitative estimate of drug-likeness (QED) is 0.769. The second-order valence-corrected chi connectivity index (χ2v) is 5.42. The van der Waals surface area contributed by atoms with Crippen LogP contribution in [0.15, 0.2) is 52.5 Å². The van der Waals surface area contributed by atoms with Gasteiger partial charge in [-0.25, -0.2) is 9.78 Å². The minimum Gasteiger partial charge on any atom is -0.478 e. The molecule has 3 rings (SSSR count). The normalized spacial score (nSPS) is 10.8. The first-order valence-electron chi connectivity index (χ1n) is 6.10. The summed E-state index contributed by atoms with van der Waals surface area (Å²) in [6.45, 7) is 1.90. The third-order valence-corrected chi connectivity index (χ3v) is 4.14. The van der Waals surface area contributed by atoms with Crippen molar-refractivity contribution in [2.24, 2.45) is 0 Å². The predicted molar refractivity (Wildman–Crippen MR) is 78.4 cm³/mol. The van der Waals surface area contributed by atoms with Gasteiger partial charge in [0.2, 0.25) is 0 Å². The van der Waals surface area contributed by atoms with Gasteiger partial charge >= 0.3 is 5.97 Å². The highest BCUT2D eigenvalue weighted by molar-refractivity contribution is 7.99.